The van der Waals surface area contributed by atoms with E-state index in [-0.39, 0.29) is 5.41 Å². The Bertz CT molecular complexity index is 2460. The van der Waals surface area contributed by atoms with E-state index in [9.17, 15) is 0 Å². The van der Waals surface area contributed by atoms with E-state index >= 15 is 0 Å². The van der Waals surface area contributed by atoms with Gasteiger partial charge in [-0.1, -0.05) is 141 Å². The zero-order valence-corrected chi connectivity index (χ0v) is 27.2. The lowest BCUT2D eigenvalue weighted by molar-refractivity contribution is 0.661. The van der Waals surface area contributed by atoms with Crippen LogP contribution in [0.5, 0.6) is 0 Å². The summed E-state index contributed by atoms with van der Waals surface area (Å²) in [4.78, 5) is 2.38. The first-order chi connectivity index (χ1) is 23.6. The number of rotatable bonds is 5. The molecule has 48 heavy (non-hydrogen) atoms. The molecular formula is C47H35N. The first-order valence-electron chi connectivity index (χ1n) is 16.8. The summed E-state index contributed by atoms with van der Waals surface area (Å²) in [6, 6.07) is 64.3. The molecule has 0 aliphatic heterocycles. The fraction of sp³-hybridized carbons (Fsp3) is 0.0638. The Morgan fingerprint density at radius 3 is 1.79 bits per heavy atom. The van der Waals surface area contributed by atoms with Gasteiger partial charge < -0.3 is 4.90 Å². The number of hydrogen-bond donors (Lipinski definition) is 0. The van der Waals surface area contributed by atoms with Crippen molar-refractivity contribution in [3.63, 3.8) is 0 Å². The molecule has 8 aromatic rings. The molecule has 0 saturated carbocycles. The second-order valence-electron chi connectivity index (χ2n) is 13.4. The van der Waals surface area contributed by atoms with Crippen LogP contribution in [0, 0.1) is 0 Å². The van der Waals surface area contributed by atoms with Crippen molar-refractivity contribution >= 4 is 38.6 Å². The fourth-order valence-electron chi connectivity index (χ4n) is 7.77. The Balaban J connectivity index is 1.19. The van der Waals surface area contributed by atoms with Crippen LogP contribution >= 0.6 is 0 Å². The second-order valence-corrected chi connectivity index (χ2v) is 13.4. The van der Waals surface area contributed by atoms with Gasteiger partial charge in [-0.25, -0.2) is 0 Å². The van der Waals surface area contributed by atoms with E-state index in [1.165, 1.54) is 66.1 Å². The zero-order valence-electron chi connectivity index (χ0n) is 27.2. The summed E-state index contributed by atoms with van der Waals surface area (Å²) in [6.07, 6.45) is 0. The molecule has 0 bridgehead atoms. The quantitative estimate of drug-likeness (QED) is 0.175. The Hall–Kier alpha value is -5.92. The minimum absolute atomic E-state index is 0.0928. The Labute approximate surface area is 282 Å². The van der Waals surface area contributed by atoms with Crippen LogP contribution in [0.2, 0.25) is 0 Å². The molecular weight excluding hydrogens is 579 g/mol. The molecule has 0 N–H and O–H groups in total. The standard InChI is InChI=1S/C47H35N/c1-47(2)44-28-25-35(29-42(44)43-30-36-22-21-34-15-9-10-18-39(34)41(36)31-45(43)47)40-19-11-12-20-46(40)48(37-16-7-4-8-17-37)38-26-23-33(24-27-38)32-13-5-3-6-14-32/h3-31H,1-2H3. The molecule has 0 aromatic heterocycles. The lowest BCUT2D eigenvalue weighted by atomic mass is 9.81. The van der Waals surface area contributed by atoms with Crippen LogP contribution in [-0.4, -0.2) is 0 Å². The highest BCUT2D eigenvalue weighted by Crippen LogP contribution is 2.52. The van der Waals surface area contributed by atoms with Crippen molar-refractivity contribution in [3.05, 3.63) is 187 Å². The Morgan fingerprint density at radius 1 is 0.375 bits per heavy atom. The van der Waals surface area contributed by atoms with Gasteiger partial charge in [0.25, 0.3) is 0 Å². The lowest BCUT2D eigenvalue weighted by Crippen LogP contribution is -2.15. The van der Waals surface area contributed by atoms with Gasteiger partial charge in [-0.3, -0.25) is 0 Å². The summed E-state index contributed by atoms with van der Waals surface area (Å²) in [7, 11) is 0. The van der Waals surface area contributed by atoms with Gasteiger partial charge in [-0.2, -0.15) is 0 Å². The van der Waals surface area contributed by atoms with Gasteiger partial charge in [0.1, 0.15) is 0 Å². The number of benzene rings is 8. The molecule has 0 unspecified atom stereocenters. The molecule has 1 aliphatic rings. The van der Waals surface area contributed by atoms with Gasteiger partial charge in [0.2, 0.25) is 0 Å². The smallest absolute Gasteiger partial charge is 0.0540 e. The van der Waals surface area contributed by atoms with Gasteiger partial charge in [0.05, 0.1) is 5.69 Å². The summed E-state index contributed by atoms with van der Waals surface area (Å²) in [5.74, 6) is 0. The third kappa shape index (κ3) is 4.54. The highest BCUT2D eigenvalue weighted by molar-refractivity contribution is 6.10. The first kappa shape index (κ1) is 28.3. The van der Waals surface area contributed by atoms with Crippen molar-refractivity contribution in [1.82, 2.24) is 0 Å². The fourth-order valence-corrected chi connectivity index (χ4v) is 7.77. The second kappa shape index (κ2) is 11.1. The maximum Gasteiger partial charge on any atom is 0.0540 e. The normalized spacial score (nSPS) is 13.0. The van der Waals surface area contributed by atoms with E-state index in [2.05, 4.69) is 195 Å². The van der Waals surface area contributed by atoms with Gasteiger partial charge >= 0.3 is 0 Å². The molecule has 1 nitrogen and oxygen atoms in total. The summed E-state index contributed by atoms with van der Waals surface area (Å²) < 4.78 is 0. The van der Waals surface area contributed by atoms with Crippen LogP contribution in [-0.2, 0) is 5.41 Å². The van der Waals surface area contributed by atoms with Gasteiger partial charge in [-0.15, -0.1) is 0 Å². The molecule has 1 aliphatic carbocycles. The van der Waals surface area contributed by atoms with Crippen LogP contribution in [0.3, 0.4) is 0 Å². The molecule has 0 radical (unpaired) electrons. The predicted octanol–water partition coefficient (Wildman–Crippen LogP) is 13.1. The number of anilines is 3. The molecule has 0 saturated heterocycles. The molecule has 0 spiro atoms. The maximum atomic E-state index is 2.46. The van der Waals surface area contributed by atoms with Crippen molar-refractivity contribution < 1.29 is 0 Å². The molecule has 228 valence electrons. The van der Waals surface area contributed by atoms with Crippen LogP contribution in [0.4, 0.5) is 17.1 Å². The summed E-state index contributed by atoms with van der Waals surface area (Å²) in [5.41, 5.74) is 13.6. The van der Waals surface area contributed by atoms with E-state index in [0.29, 0.717) is 0 Å². The highest BCUT2D eigenvalue weighted by Gasteiger charge is 2.36. The third-order valence-electron chi connectivity index (χ3n) is 10.2. The Morgan fingerprint density at radius 2 is 0.979 bits per heavy atom. The van der Waals surface area contributed by atoms with Crippen LogP contribution in [0.25, 0.3) is 54.9 Å². The SMILES string of the molecule is CC1(C)c2ccc(-c3ccccc3N(c3ccccc3)c3ccc(-c4ccccc4)cc3)cc2-c2cc3ccc4ccccc4c3cc21. The average molecular weight is 614 g/mol. The van der Waals surface area contributed by atoms with Gasteiger partial charge in [0.15, 0.2) is 0 Å². The van der Waals surface area contributed by atoms with Gasteiger partial charge in [-0.05, 0) is 109 Å². The monoisotopic (exact) mass is 613 g/mol. The van der Waals surface area contributed by atoms with Crippen LogP contribution in [0.1, 0.15) is 25.0 Å². The van der Waals surface area contributed by atoms with Crippen LogP contribution in [0.15, 0.2) is 176 Å². The first-order valence-corrected chi connectivity index (χ1v) is 16.8. The minimum atomic E-state index is -0.0928. The molecule has 9 rings (SSSR count). The van der Waals surface area contributed by atoms with Crippen molar-refractivity contribution in [2.45, 2.75) is 19.3 Å². The third-order valence-corrected chi connectivity index (χ3v) is 10.2. The topological polar surface area (TPSA) is 3.24 Å². The number of para-hydroxylation sites is 2. The number of hydrogen-bond acceptors (Lipinski definition) is 1. The van der Waals surface area contributed by atoms with Crippen molar-refractivity contribution in [2.75, 3.05) is 4.90 Å². The van der Waals surface area contributed by atoms with Crippen molar-refractivity contribution in [3.8, 4) is 33.4 Å². The summed E-state index contributed by atoms with van der Waals surface area (Å²) in [6.45, 7) is 4.75. The van der Waals surface area contributed by atoms with Crippen molar-refractivity contribution in [2.24, 2.45) is 0 Å². The van der Waals surface area contributed by atoms with E-state index in [1.807, 2.05) is 0 Å². The average Bonchev–Trinajstić information content (AvgIpc) is 3.37. The molecule has 0 heterocycles. The number of fused-ring (bicyclic) bond motifs is 6. The predicted molar refractivity (Wildman–Crippen MR) is 205 cm³/mol. The molecule has 0 amide bonds. The van der Waals surface area contributed by atoms with E-state index < -0.39 is 0 Å². The van der Waals surface area contributed by atoms with E-state index in [1.54, 1.807) is 0 Å². The molecule has 8 aromatic carbocycles. The highest BCUT2D eigenvalue weighted by atomic mass is 15.1. The Kier molecular flexibility index (Phi) is 6.55. The number of nitrogens with zero attached hydrogens (tertiary/aromatic N) is 1. The van der Waals surface area contributed by atoms with Crippen molar-refractivity contribution in [1.29, 1.82) is 0 Å². The summed E-state index contributed by atoms with van der Waals surface area (Å²) >= 11 is 0. The lowest BCUT2D eigenvalue weighted by Gasteiger charge is -2.28. The molecule has 1 heteroatoms. The molecule has 0 atom stereocenters. The van der Waals surface area contributed by atoms with Crippen LogP contribution < -0.4 is 4.90 Å². The minimum Gasteiger partial charge on any atom is -0.310 e. The largest absolute Gasteiger partial charge is 0.310 e. The maximum absolute atomic E-state index is 2.46. The summed E-state index contributed by atoms with van der Waals surface area (Å²) in [5, 5.41) is 5.22. The zero-order chi connectivity index (χ0) is 32.2. The molecule has 0 fully saturated rings. The van der Waals surface area contributed by atoms with E-state index in [4.69, 9.17) is 0 Å². The van der Waals surface area contributed by atoms with E-state index in [0.717, 1.165) is 17.1 Å². The van der Waals surface area contributed by atoms with Gasteiger partial charge in [0, 0.05) is 22.4 Å².